The molecule has 1 aliphatic carbocycles. The molecular formula is C28H34N2O3S. The highest BCUT2D eigenvalue weighted by molar-refractivity contribution is 7.89. The van der Waals surface area contributed by atoms with Gasteiger partial charge in [-0.3, -0.25) is 0 Å². The van der Waals surface area contributed by atoms with Crippen LogP contribution in [0.25, 0.3) is 0 Å². The van der Waals surface area contributed by atoms with Crippen molar-refractivity contribution in [2.24, 2.45) is 5.41 Å². The molecule has 1 N–H and O–H groups in total. The number of hydrogen-bond donors (Lipinski definition) is 1. The molecule has 1 heterocycles. The average molecular weight is 479 g/mol. The van der Waals surface area contributed by atoms with E-state index >= 15 is 0 Å². The Balaban J connectivity index is 1.71. The van der Waals surface area contributed by atoms with Gasteiger partial charge in [0, 0.05) is 30.3 Å². The number of methoxy groups -OCH3 is 1. The minimum atomic E-state index is -3.65. The SMILES string of the molecule is COC1=C(C=N)CC2(Cc3ccccc3)CN(S(=O)(=O)c3ccc(C(C)(C)C)cc3)CCC2=C1. The number of fused-ring (bicyclic) bond motifs is 1. The molecule has 1 aliphatic heterocycles. The van der Waals surface area contributed by atoms with Crippen molar-refractivity contribution in [1.82, 2.24) is 4.31 Å². The Bertz CT molecular complexity index is 1220. The van der Waals surface area contributed by atoms with E-state index in [2.05, 4.69) is 32.9 Å². The van der Waals surface area contributed by atoms with Gasteiger partial charge >= 0.3 is 0 Å². The lowest BCUT2D eigenvalue weighted by Gasteiger charge is -2.46. The minimum absolute atomic E-state index is 0.0382. The van der Waals surface area contributed by atoms with Crippen molar-refractivity contribution in [1.29, 1.82) is 5.41 Å². The fourth-order valence-electron chi connectivity index (χ4n) is 5.14. The van der Waals surface area contributed by atoms with Crippen LogP contribution in [-0.2, 0) is 26.6 Å². The molecule has 0 spiro atoms. The van der Waals surface area contributed by atoms with Gasteiger partial charge in [-0.25, -0.2) is 8.42 Å². The van der Waals surface area contributed by atoms with Crippen LogP contribution in [0.5, 0.6) is 0 Å². The van der Waals surface area contributed by atoms with Gasteiger partial charge in [-0.2, -0.15) is 4.31 Å². The molecule has 2 aromatic carbocycles. The molecule has 0 bridgehead atoms. The highest BCUT2D eigenvalue weighted by Crippen LogP contribution is 2.48. The summed E-state index contributed by atoms with van der Waals surface area (Å²) < 4.78 is 34.6. The fourth-order valence-corrected chi connectivity index (χ4v) is 6.66. The second kappa shape index (κ2) is 9.16. The number of sulfonamides is 1. The van der Waals surface area contributed by atoms with Crippen molar-refractivity contribution in [2.45, 2.75) is 50.3 Å². The van der Waals surface area contributed by atoms with Crippen LogP contribution in [0.4, 0.5) is 0 Å². The first-order valence-corrected chi connectivity index (χ1v) is 13.2. The topological polar surface area (TPSA) is 70.5 Å². The minimum Gasteiger partial charge on any atom is -0.496 e. The summed E-state index contributed by atoms with van der Waals surface area (Å²) in [5, 5.41) is 7.96. The van der Waals surface area contributed by atoms with Crippen LogP contribution in [0.1, 0.15) is 44.7 Å². The van der Waals surface area contributed by atoms with Gasteiger partial charge in [0.2, 0.25) is 10.0 Å². The zero-order valence-corrected chi connectivity index (χ0v) is 21.3. The third-order valence-electron chi connectivity index (χ3n) is 7.08. The molecule has 2 aromatic rings. The predicted octanol–water partition coefficient (Wildman–Crippen LogP) is 5.49. The van der Waals surface area contributed by atoms with Crippen LogP contribution in [0.3, 0.4) is 0 Å². The Morgan fingerprint density at radius 3 is 2.35 bits per heavy atom. The Labute approximate surface area is 203 Å². The van der Waals surface area contributed by atoms with E-state index in [4.69, 9.17) is 10.1 Å². The van der Waals surface area contributed by atoms with Crippen LogP contribution in [0.15, 0.2) is 82.5 Å². The second-order valence-electron chi connectivity index (χ2n) is 10.4. The summed E-state index contributed by atoms with van der Waals surface area (Å²) in [6.45, 7) is 7.17. The molecule has 0 radical (unpaired) electrons. The van der Waals surface area contributed by atoms with Crippen LogP contribution in [0.2, 0.25) is 0 Å². The van der Waals surface area contributed by atoms with E-state index in [0.29, 0.717) is 43.0 Å². The molecule has 1 saturated heterocycles. The predicted molar refractivity (Wildman–Crippen MR) is 137 cm³/mol. The summed E-state index contributed by atoms with van der Waals surface area (Å²) in [5.74, 6) is 0.711. The zero-order valence-electron chi connectivity index (χ0n) is 20.5. The monoisotopic (exact) mass is 478 g/mol. The number of hydrogen-bond acceptors (Lipinski definition) is 4. The third-order valence-corrected chi connectivity index (χ3v) is 8.94. The molecule has 1 atom stereocenters. The number of benzene rings is 2. The maximum atomic E-state index is 13.7. The first-order valence-electron chi connectivity index (χ1n) is 11.7. The molecule has 5 nitrogen and oxygen atoms in total. The summed E-state index contributed by atoms with van der Waals surface area (Å²) in [6, 6.07) is 17.5. The summed E-state index contributed by atoms with van der Waals surface area (Å²) >= 11 is 0. The lowest BCUT2D eigenvalue weighted by atomic mass is 9.66. The van der Waals surface area contributed by atoms with Gasteiger partial charge in [0.15, 0.2) is 0 Å². The zero-order chi connectivity index (χ0) is 24.6. The van der Waals surface area contributed by atoms with Gasteiger partial charge in [-0.05, 0) is 54.0 Å². The Hall–Kier alpha value is -2.70. The first kappa shape index (κ1) is 24.4. The van der Waals surface area contributed by atoms with Crippen molar-refractivity contribution in [3.8, 4) is 0 Å². The maximum absolute atomic E-state index is 13.7. The molecule has 4 rings (SSSR count). The first-order chi connectivity index (χ1) is 16.1. The highest BCUT2D eigenvalue weighted by atomic mass is 32.2. The van der Waals surface area contributed by atoms with E-state index in [1.54, 1.807) is 23.5 Å². The second-order valence-corrected chi connectivity index (χ2v) is 12.3. The molecular weight excluding hydrogens is 444 g/mol. The lowest BCUT2D eigenvalue weighted by molar-refractivity contribution is 0.198. The normalized spacial score (nSPS) is 21.6. The average Bonchev–Trinajstić information content (AvgIpc) is 2.82. The number of allylic oxidation sites excluding steroid dienone is 2. The van der Waals surface area contributed by atoms with Gasteiger partial charge in [0.1, 0.15) is 5.76 Å². The standard InChI is InChI=1S/C28H34N2O3S/c1-27(2,3)23-10-12-25(13-11-23)34(31,32)30-15-14-24-16-26(33-4)22(19-29)18-28(24,20-30)17-21-8-6-5-7-9-21/h5-13,16,19,29H,14-15,17-18,20H2,1-4H3. The largest absolute Gasteiger partial charge is 0.496 e. The lowest BCUT2D eigenvalue weighted by Crippen LogP contribution is -2.49. The van der Waals surface area contributed by atoms with Crippen LogP contribution in [0, 0.1) is 10.8 Å². The van der Waals surface area contributed by atoms with Crippen LogP contribution in [-0.4, -0.2) is 39.1 Å². The summed E-state index contributed by atoms with van der Waals surface area (Å²) in [5.41, 5.74) is 3.82. The molecule has 0 saturated carbocycles. The molecule has 2 aliphatic rings. The fraction of sp³-hybridized carbons (Fsp3) is 0.393. The van der Waals surface area contributed by atoms with E-state index in [1.807, 2.05) is 36.4 Å². The van der Waals surface area contributed by atoms with Gasteiger partial charge in [0.25, 0.3) is 0 Å². The van der Waals surface area contributed by atoms with Crippen molar-refractivity contribution in [2.75, 3.05) is 20.2 Å². The molecule has 0 amide bonds. The highest BCUT2D eigenvalue weighted by Gasteiger charge is 2.45. The summed E-state index contributed by atoms with van der Waals surface area (Å²) in [4.78, 5) is 0.332. The van der Waals surface area contributed by atoms with Gasteiger partial charge in [-0.15, -0.1) is 0 Å². The van der Waals surface area contributed by atoms with Crippen molar-refractivity contribution in [3.05, 3.63) is 88.7 Å². The van der Waals surface area contributed by atoms with Gasteiger partial charge < -0.3 is 10.1 Å². The molecule has 180 valence electrons. The Morgan fingerprint density at radius 2 is 1.76 bits per heavy atom. The smallest absolute Gasteiger partial charge is 0.243 e. The molecule has 1 fully saturated rings. The van der Waals surface area contributed by atoms with Crippen molar-refractivity contribution < 1.29 is 13.2 Å². The van der Waals surface area contributed by atoms with E-state index in [1.165, 1.54) is 11.8 Å². The Morgan fingerprint density at radius 1 is 1.09 bits per heavy atom. The molecule has 0 aromatic heterocycles. The van der Waals surface area contributed by atoms with Crippen molar-refractivity contribution in [3.63, 3.8) is 0 Å². The summed E-state index contributed by atoms with van der Waals surface area (Å²) in [6.07, 6.45) is 5.31. The maximum Gasteiger partial charge on any atom is 0.243 e. The molecule has 1 unspecified atom stereocenters. The molecule has 34 heavy (non-hydrogen) atoms. The number of nitrogens with one attached hydrogen (secondary N) is 1. The number of nitrogens with zero attached hydrogens (tertiary/aromatic N) is 1. The van der Waals surface area contributed by atoms with Crippen LogP contribution < -0.4 is 0 Å². The van der Waals surface area contributed by atoms with E-state index < -0.39 is 15.4 Å². The molecule has 6 heteroatoms. The number of rotatable bonds is 6. The van der Waals surface area contributed by atoms with Crippen LogP contribution >= 0.6 is 0 Å². The van der Waals surface area contributed by atoms with E-state index in [0.717, 1.165) is 16.7 Å². The van der Waals surface area contributed by atoms with Gasteiger partial charge in [-0.1, -0.05) is 68.8 Å². The van der Waals surface area contributed by atoms with Gasteiger partial charge in [0.05, 0.1) is 12.0 Å². The quantitative estimate of drug-likeness (QED) is 0.558. The van der Waals surface area contributed by atoms with Crippen molar-refractivity contribution >= 4 is 16.2 Å². The summed E-state index contributed by atoms with van der Waals surface area (Å²) in [7, 11) is -2.02. The Kier molecular flexibility index (Phi) is 6.58. The number of piperidine rings is 1. The number of ether oxygens (including phenoxy) is 1. The van der Waals surface area contributed by atoms with E-state index in [9.17, 15) is 8.42 Å². The van der Waals surface area contributed by atoms with E-state index in [-0.39, 0.29) is 5.41 Å². The third kappa shape index (κ3) is 4.62.